The molecule has 0 heterocycles. The molecule has 1 N–H and O–H groups in total. The van der Waals surface area contributed by atoms with E-state index in [1.54, 1.807) is 13.2 Å². The number of aliphatic hydroxyl groups excluding tert-OH is 1. The first-order chi connectivity index (χ1) is 9.11. The van der Waals surface area contributed by atoms with Gasteiger partial charge < -0.3 is 9.84 Å². The van der Waals surface area contributed by atoms with E-state index >= 15 is 0 Å². The van der Waals surface area contributed by atoms with Crippen LogP contribution in [0.4, 0.5) is 4.39 Å². The van der Waals surface area contributed by atoms with Gasteiger partial charge in [-0.2, -0.15) is 0 Å². The molecule has 0 fully saturated rings. The number of ether oxygens (including phenoxy) is 1. The van der Waals surface area contributed by atoms with E-state index in [0.29, 0.717) is 12.2 Å². The fourth-order valence-corrected chi connectivity index (χ4v) is 2.05. The summed E-state index contributed by atoms with van der Waals surface area (Å²) in [5, 5.41) is 10.3. The molecule has 100 valence electrons. The highest BCUT2D eigenvalue weighted by Gasteiger charge is 2.13. The monoisotopic (exact) mass is 260 g/mol. The SMILES string of the molecule is COCc1ccc(C(O)c2cc(F)ccc2C)cc1. The lowest BCUT2D eigenvalue weighted by Gasteiger charge is -2.14. The van der Waals surface area contributed by atoms with Gasteiger partial charge in [0.15, 0.2) is 0 Å². The summed E-state index contributed by atoms with van der Waals surface area (Å²) in [6, 6.07) is 11.9. The van der Waals surface area contributed by atoms with Gasteiger partial charge in [0.1, 0.15) is 11.9 Å². The van der Waals surface area contributed by atoms with Crippen molar-refractivity contribution in [2.45, 2.75) is 19.6 Å². The maximum absolute atomic E-state index is 13.3. The number of rotatable bonds is 4. The van der Waals surface area contributed by atoms with Crippen LogP contribution >= 0.6 is 0 Å². The minimum Gasteiger partial charge on any atom is -0.384 e. The van der Waals surface area contributed by atoms with Gasteiger partial charge in [0.2, 0.25) is 0 Å². The van der Waals surface area contributed by atoms with Gasteiger partial charge in [-0.3, -0.25) is 0 Å². The fourth-order valence-electron chi connectivity index (χ4n) is 2.05. The second-order valence-electron chi connectivity index (χ2n) is 4.58. The molecular formula is C16H17FO2. The quantitative estimate of drug-likeness (QED) is 0.913. The Morgan fingerprint density at radius 3 is 2.47 bits per heavy atom. The summed E-state index contributed by atoms with van der Waals surface area (Å²) >= 11 is 0. The Morgan fingerprint density at radius 1 is 1.16 bits per heavy atom. The summed E-state index contributed by atoms with van der Waals surface area (Å²) < 4.78 is 18.3. The largest absolute Gasteiger partial charge is 0.384 e. The Bertz CT molecular complexity index is 549. The molecule has 2 aromatic rings. The minimum absolute atomic E-state index is 0.337. The molecule has 2 nitrogen and oxygen atoms in total. The summed E-state index contributed by atoms with van der Waals surface area (Å²) in [5.74, 6) is -0.337. The third-order valence-corrected chi connectivity index (χ3v) is 3.14. The van der Waals surface area contributed by atoms with Crippen LogP contribution < -0.4 is 0 Å². The Labute approximate surface area is 112 Å². The van der Waals surface area contributed by atoms with Crippen LogP contribution in [0.1, 0.15) is 28.4 Å². The molecular weight excluding hydrogens is 243 g/mol. The first-order valence-corrected chi connectivity index (χ1v) is 6.13. The molecule has 0 amide bonds. The number of hydrogen-bond donors (Lipinski definition) is 1. The molecule has 1 unspecified atom stereocenters. The van der Waals surface area contributed by atoms with E-state index in [9.17, 15) is 9.50 Å². The van der Waals surface area contributed by atoms with E-state index in [0.717, 1.165) is 16.7 Å². The number of hydrogen-bond acceptors (Lipinski definition) is 2. The van der Waals surface area contributed by atoms with Gasteiger partial charge in [0.25, 0.3) is 0 Å². The normalized spacial score (nSPS) is 12.4. The summed E-state index contributed by atoms with van der Waals surface area (Å²) in [6.45, 7) is 2.40. The van der Waals surface area contributed by atoms with Crippen LogP contribution in [-0.2, 0) is 11.3 Å². The standard InChI is InChI=1S/C16H17FO2/c1-11-3-8-14(17)9-15(11)16(18)13-6-4-12(5-7-13)10-19-2/h3-9,16,18H,10H2,1-2H3. The van der Waals surface area contributed by atoms with Gasteiger partial charge in [-0.15, -0.1) is 0 Å². The number of benzene rings is 2. The summed E-state index contributed by atoms with van der Waals surface area (Å²) in [7, 11) is 1.64. The van der Waals surface area contributed by atoms with E-state index in [4.69, 9.17) is 4.74 Å². The van der Waals surface area contributed by atoms with Crippen molar-refractivity contribution >= 4 is 0 Å². The Hall–Kier alpha value is -1.71. The first kappa shape index (κ1) is 13.7. The van der Waals surface area contributed by atoms with Crippen molar-refractivity contribution in [3.63, 3.8) is 0 Å². The summed E-state index contributed by atoms with van der Waals surface area (Å²) in [4.78, 5) is 0. The lowest BCUT2D eigenvalue weighted by Crippen LogP contribution is -2.03. The van der Waals surface area contributed by atoms with Crippen molar-refractivity contribution in [1.29, 1.82) is 0 Å². The lowest BCUT2D eigenvalue weighted by atomic mass is 9.97. The maximum Gasteiger partial charge on any atom is 0.123 e. The van der Waals surface area contributed by atoms with E-state index in [-0.39, 0.29) is 5.82 Å². The number of aliphatic hydroxyl groups is 1. The predicted octanol–water partition coefficient (Wildman–Crippen LogP) is 3.36. The van der Waals surface area contributed by atoms with Gasteiger partial charge in [-0.05, 0) is 41.3 Å². The average Bonchev–Trinajstić information content (AvgIpc) is 2.42. The number of aryl methyl sites for hydroxylation is 1. The third kappa shape index (κ3) is 3.19. The molecule has 0 radical (unpaired) electrons. The average molecular weight is 260 g/mol. The van der Waals surface area contributed by atoms with Crippen molar-refractivity contribution in [3.05, 3.63) is 70.5 Å². The van der Waals surface area contributed by atoms with Crippen LogP contribution in [0.15, 0.2) is 42.5 Å². The van der Waals surface area contributed by atoms with Crippen molar-refractivity contribution in [1.82, 2.24) is 0 Å². The van der Waals surface area contributed by atoms with E-state index in [1.807, 2.05) is 31.2 Å². The van der Waals surface area contributed by atoms with Crippen molar-refractivity contribution < 1.29 is 14.2 Å². The van der Waals surface area contributed by atoms with Gasteiger partial charge in [0, 0.05) is 7.11 Å². The Balaban J connectivity index is 2.27. The summed E-state index contributed by atoms with van der Waals surface area (Å²) in [5.41, 5.74) is 3.25. The third-order valence-electron chi connectivity index (χ3n) is 3.14. The molecule has 0 saturated carbocycles. The van der Waals surface area contributed by atoms with Crippen LogP contribution in [-0.4, -0.2) is 12.2 Å². The molecule has 0 saturated heterocycles. The van der Waals surface area contributed by atoms with E-state index < -0.39 is 6.10 Å². The molecule has 19 heavy (non-hydrogen) atoms. The zero-order valence-corrected chi connectivity index (χ0v) is 11.1. The molecule has 2 rings (SSSR count). The highest BCUT2D eigenvalue weighted by atomic mass is 19.1. The lowest BCUT2D eigenvalue weighted by molar-refractivity contribution is 0.184. The number of methoxy groups -OCH3 is 1. The topological polar surface area (TPSA) is 29.5 Å². The zero-order chi connectivity index (χ0) is 13.8. The summed E-state index contributed by atoms with van der Waals surface area (Å²) in [6.07, 6.45) is -0.813. The molecule has 0 aliphatic carbocycles. The smallest absolute Gasteiger partial charge is 0.123 e. The highest BCUT2D eigenvalue weighted by Crippen LogP contribution is 2.25. The molecule has 0 aromatic heterocycles. The van der Waals surface area contributed by atoms with E-state index in [1.165, 1.54) is 12.1 Å². The van der Waals surface area contributed by atoms with Gasteiger partial charge in [-0.25, -0.2) is 4.39 Å². The van der Waals surface area contributed by atoms with Crippen LogP contribution in [0.5, 0.6) is 0 Å². The second kappa shape index (κ2) is 5.95. The highest BCUT2D eigenvalue weighted by molar-refractivity contribution is 5.36. The molecule has 1 atom stereocenters. The van der Waals surface area contributed by atoms with Gasteiger partial charge >= 0.3 is 0 Å². The molecule has 0 aliphatic rings. The van der Waals surface area contributed by atoms with Crippen molar-refractivity contribution in [2.24, 2.45) is 0 Å². The molecule has 0 bridgehead atoms. The predicted molar refractivity (Wildman–Crippen MR) is 72.4 cm³/mol. The minimum atomic E-state index is -0.813. The van der Waals surface area contributed by atoms with Crippen LogP contribution in [0.25, 0.3) is 0 Å². The second-order valence-corrected chi connectivity index (χ2v) is 4.58. The van der Waals surface area contributed by atoms with Gasteiger partial charge in [-0.1, -0.05) is 30.3 Å². The van der Waals surface area contributed by atoms with Crippen LogP contribution in [0, 0.1) is 12.7 Å². The molecule has 2 aromatic carbocycles. The maximum atomic E-state index is 13.3. The first-order valence-electron chi connectivity index (χ1n) is 6.13. The Morgan fingerprint density at radius 2 is 1.84 bits per heavy atom. The zero-order valence-electron chi connectivity index (χ0n) is 11.1. The van der Waals surface area contributed by atoms with Crippen LogP contribution in [0.2, 0.25) is 0 Å². The molecule has 3 heteroatoms. The molecule has 0 aliphatic heterocycles. The Kier molecular flexibility index (Phi) is 4.30. The van der Waals surface area contributed by atoms with Gasteiger partial charge in [0.05, 0.1) is 6.61 Å². The van der Waals surface area contributed by atoms with Crippen molar-refractivity contribution in [2.75, 3.05) is 7.11 Å². The fraction of sp³-hybridized carbons (Fsp3) is 0.250. The molecule has 0 spiro atoms. The van der Waals surface area contributed by atoms with Crippen molar-refractivity contribution in [3.8, 4) is 0 Å². The number of halogens is 1. The van der Waals surface area contributed by atoms with E-state index in [2.05, 4.69) is 0 Å². The van der Waals surface area contributed by atoms with Crippen LogP contribution in [0.3, 0.4) is 0 Å².